The molecule has 2 heterocycles. The molecule has 1 atom stereocenters. The number of hydrogen-bond acceptors (Lipinski definition) is 5. The minimum atomic E-state index is 0.241. The Bertz CT molecular complexity index is 412. The summed E-state index contributed by atoms with van der Waals surface area (Å²) in [4.78, 5) is 2.49. The summed E-state index contributed by atoms with van der Waals surface area (Å²) in [5, 5.41) is 8.05. The summed E-state index contributed by atoms with van der Waals surface area (Å²) in [6.45, 7) is 1.75. The van der Waals surface area contributed by atoms with Crippen LogP contribution in [0.1, 0.15) is 18.4 Å². The van der Waals surface area contributed by atoms with Gasteiger partial charge in [-0.15, -0.1) is 5.10 Å². The lowest BCUT2D eigenvalue weighted by atomic mass is 10.1. The van der Waals surface area contributed by atoms with Gasteiger partial charge in [-0.05, 0) is 18.9 Å². The van der Waals surface area contributed by atoms with Gasteiger partial charge in [0.15, 0.2) is 5.82 Å². The number of methoxy groups -OCH3 is 1. The third kappa shape index (κ3) is 2.70. The first-order valence-corrected chi connectivity index (χ1v) is 6.02. The summed E-state index contributed by atoms with van der Waals surface area (Å²) in [5.74, 6) is 0.766. The molecule has 1 fully saturated rings. The van der Waals surface area contributed by atoms with E-state index in [0.717, 1.165) is 37.3 Å². The molecule has 0 spiro atoms. The summed E-state index contributed by atoms with van der Waals surface area (Å²) >= 11 is 5.03. The van der Waals surface area contributed by atoms with Crippen molar-refractivity contribution in [2.75, 3.05) is 25.1 Å². The predicted molar refractivity (Wildman–Crippen MR) is 70.2 cm³/mol. The van der Waals surface area contributed by atoms with Gasteiger partial charge in [0, 0.05) is 20.2 Å². The molecule has 1 unspecified atom stereocenters. The lowest BCUT2D eigenvalue weighted by Gasteiger charge is -2.33. The minimum Gasteiger partial charge on any atom is -0.389 e. The monoisotopic (exact) mass is 252 g/mol. The average molecular weight is 252 g/mol. The summed E-state index contributed by atoms with van der Waals surface area (Å²) in [5.41, 5.74) is 6.48. The van der Waals surface area contributed by atoms with Crippen LogP contribution >= 0.6 is 12.2 Å². The van der Waals surface area contributed by atoms with E-state index >= 15 is 0 Å². The van der Waals surface area contributed by atoms with E-state index in [4.69, 9.17) is 22.7 Å². The molecule has 92 valence electrons. The van der Waals surface area contributed by atoms with E-state index in [9.17, 15) is 0 Å². The molecule has 0 aromatic carbocycles. The van der Waals surface area contributed by atoms with Gasteiger partial charge in [0.05, 0.1) is 17.9 Å². The first kappa shape index (κ1) is 12.2. The largest absolute Gasteiger partial charge is 0.389 e. The molecule has 1 saturated heterocycles. The van der Waals surface area contributed by atoms with Gasteiger partial charge in [-0.3, -0.25) is 0 Å². The van der Waals surface area contributed by atoms with Crippen molar-refractivity contribution in [1.82, 2.24) is 10.2 Å². The normalized spacial score (nSPS) is 20.3. The maximum Gasteiger partial charge on any atom is 0.161 e. The van der Waals surface area contributed by atoms with Crippen molar-refractivity contribution in [1.29, 1.82) is 0 Å². The van der Waals surface area contributed by atoms with Crippen molar-refractivity contribution < 1.29 is 4.74 Å². The topological polar surface area (TPSA) is 64.3 Å². The van der Waals surface area contributed by atoms with Crippen LogP contribution in [0.25, 0.3) is 0 Å². The Labute approximate surface area is 106 Å². The molecule has 6 heteroatoms. The van der Waals surface area contributed by atoms with Crippen molar-refractivity contribution in [3.05, 3.63) is 17.8 Å². The maximum absolute atomic E-state index is 5.69. The van der Waals surface area contributed by atoms with E-state index in [1.54, 1.807) is 19.4 Å². The number of aromatic nitrogens is 2. The molecule has 1 aliphatic rings. The third-order valence-electron chi connectivity index (χ3n) is 2.98. The summed E-state index contributed by atoms with van der Waals surface area (Å²) < 4.78 is 5.39. The van der Waals surface area contributed by atoms with E-state index in [1.807, 2.05) is 0 Å². The molecule has 0 bridgehead atoms. The van der Waals surface area contributed by atoms with Crippen molar-refractivity contribution in [2.45, 2.75) is 18.9 Å². The zero-order valence-corrected chi connectivity index (χ0v) is 10.6. The molecule has 1 aromatic heterocycles. The van der Waals surface area contributed by atoms with Crippen molar-refractivity contribution in [2.24, 2.45) is 5.73 Å². The number of nitrogens with zero attached hydrogens (tertiary/aromatic N) is 3. The molecule has 1 aliphatic heterocycles. The number of hydrogen-bond donors (Lipinski definition) is 1. The second-order valence-corrected chi connectivity index (χ2v) is 4.52. The summed E-state index contributed by atoms with van der Waals surface area (Å²) in [7, 11) is 1.74. The highest BCUT2D eigenvalue weighted by Crippen LogP contribution is 2.21. The summed E-state index contributed by atoms with van der Waals surface area (Å²) in [6, 6.07) is 1.81. The fraction of sp³-hybridized carbons (Fsp3) is 0.545. The van der Waals surface area contributed by atoms with E-state index < -0.39 is 0 Å². The Morgan fingerprint density at radius 2 is 2.47 bits per heavy atom. The van der Waals surface area contributed by atoms with Crippen LogP contribution in [0.2, 0.25) is 0 Å². The maximum atomic E-state index is 5.69. The lowest BCUT2D eigenvalue weighted by Crippen LogP contribution is -2.40. The van der Waals surface area contributed by atoms with Crippen molar-refractivity contribution in [3.63, 3.8) is 0 Å². The number of ether oxygens (including phenoxy) is 1. The van der Waals surface area contributed by atoms with Crippen LogP contribution in [0.3, 0.4) is 0 Å². The second-order valence-electron chi connectivity index (χ2n) is 4.08. The smallest absolute Gasteiger partial charge is 0.161 e. The molecule has 1 aromatic rings. The van der Waals surface area contributed by atoms with E-state index in [0.29, 0.717) is 4.99 Å². The number of thiocarbonyl (C=S) groups is 1. The van der Waals surface area contributed by atoms with Crippen LogP contribution in [0.4, 0.5) is 5.82 Å². The number of anilines is 1. The Kier molecular flexibility index (Phi) is 3.86. The molecule has 17 heavy (non-hydrogen) atoms. The summed E-state index contributed by atoms with van der Waals surface area (Å²) in [6.07, 6.45) is 4.00. The molecule has 0 aliphatic carbocycles. The first-order valence-electron chi connectivity index (χ1n) is 5.61. The molecule has 0 radical (unpaired) electrons. The van der Waals surface area contributed by atoms with Gasteiger partial charge < -0.3 is 15.4 Å². The molecular weight excluding hydrogens is 236 g/mol. The number of piperidine rings is 1. The number of rotatable bonds is 3. The SMILES string of the molecule is COC1CCCN(c2nnccc2C(N)=S)C1. The molecular formula is C11H16N4OS. The average Bonchev–Trinajstić information content (AvgIpc) is 2.39. The fourth-order valence-corrected chi connectivity index (χ4v) is 2.23. The quantitative estimate of drug-likeness (QED) is 0.800. The molecule has 2 rings (SSSR count). The standard InChI is InChI=1S/C11H16N4OS/c1-16-8-3-2-6-15(7-8)11-9(10(12)17)4-5-13-14-11/h4-5,8H,2-3,6-7H2,1H3,(H2,12,17). The Balaban J connectivity index is 2.24. The van der Waals surface area contributed by atoms with Crippen LogP contribution in [0.5, 0.6) is 0 Å². The van der Waals surface area contributed by atoms with Gasteiger partial charge >= 0.3 is 0 Å². The molecule has 2 N–H and O–H groups in total. The molecule has 5 nitrogen and oxygen atoms in total. The van der Waals surface area contributed by atoms with E-state index in [1.165, 1.54) is 0 Å². The highest BCUT2D eigenvalue weighted by Gasteiger charge is 2.23. The van der Waals surface area contributed by atoms with Gasteiger partial charge in [0.2, 0.25) is 0 Å². The van der Waals surface area contributed by atoms with Gasteiger partial charge in [0.25, 0.3) is 0 Å². The fourth-order valence-electron chi connectivity index (χ4n) is 2.07. The Hall–Kier alpha value is -1.27. The highest BCUT2D eigenvalue weighted by atomic mass is 32.1. The van der Waals surface area contributed by atoms with E-state index in [-0.39, 0.29) is 6.10 Å². The minimum absolute atomic E-state index is 0.241. The van der Waals surface area contributed by atoms with Gasteiger partial charge in [-0.2, -0.15) is 5.10 Å². The van der Waals surface area contributed by atoms with Gasteiger partial charge in [-0.25, -0.2) is 0 Å². The molecule has 0 amide bonds. The van der Waals surface area contributed by atoms with Crippen molar-refractivity contribution in [3.8, 4) is 0 Å². The zero-order chi connectivity index (χ0) is 12.3. The third-order valence-corrected chi connectivity index (χ3v) is 3.20. The molecule has 0 saturated carbocycles. The zero-order valence-electron chi connectivity index (χ0n) is 9.80. The predicted octanol–water partition coefficient (Wildman–Crippen LogP) is 0.726. The Morgan fingerprint density at radius 1 is 1.65 bits per heavy atom. The van der Waals surface area contributed by atoms with Crippen molar-refractivity contribution >= 4 is 23.0 Å². The number of nitrogens with two attached hydrogens (primary N) is 1. The second kappa shape index (κ2) is 5.37. The van der Waals surface area contributed by atoms with Gasteiger partial charge in [-0.1, -0.05) is 12.2 Å². The first-order chi connectivity index (χ1) is 8.22. The van der Waals surface area contributed by atoms with Gasteiger partial charge in [0.1, 0.15) is 4.99 Å². The van der Waals surface area contributed by atoms with Crippen LogP contribution < -0.4 is 10.6 Å². The van der Waals surface area contributed by atoms with Crippen LogP contribution in [0, 0.1) is 0 Å². The van der Waals surface area contributed by atoms with E-state index in [2.05, 4.69) is 15.1 Å². The van der Waals surface area contributed by atoms with Crippen LogP contribution in [-0.4, -0.2) is 41.5 Å². The van der Waals surface area contributed by atoms with Crippen LogP contribution in [0.15, 0.2) is 12.3 Å². The Morgan fingerprint density at radius 3 is 3.18 bits per heavy atom. The lowest BCUT2D eigenvalue weighted by molar-refractivity contribution is 0.0891. The highest BCUT2D eigenvalue weighted by molar-refractivity contribution is 7.80. The van der Waals surface area contributed by atoms with Crippen LogP contribution in [-0.2, 0) is 4.74 Å².